The number of nitrogens with one attached hydrogen (secondary N) is 2. The Labute approximate surface area is 180 Å². The van der Waals surface area contributed by atoms with E-state index in [2.05, 4.69) is 19.4 Å². The summed E-state index contributed by atoms with van der Waals surface area (Å²) in [7, 11) is -7.93. The molecule has 162 valence electrons. The Bertz CT molecular complexity index is 1510. The third-order valence-corrected chi connectivity index (χ3v) is 6.95. The Kier molecular flexibility index (Phi) is 4.87. The van der Waals surface area contributed by atoms with Gasteiger partial charge >= 0.3 is 0 Å². The SMILES string of the molecule is Cc1cn(-c2nccs2)c(=O)c(C2=NS(=O)(=O)c3cc(NS(C)(=O)=O)ccc3N2)c1O. The van der Waals surface area contributed by atoms with E-state index in [0.29, 0.717) is 10.7 Å². The van der Waals surface area contributed by atoms with E-state index in [1.807, 2.05) is 0 Å². The average molecular weight is 482 g/mol. The number of rotatable bonds is 4. The number of pyridine rings is 1. The van der Waals surface area contributed by atoms with Crippen molar-refractivity contribution in [2.24, 2.45) is 4.40 Å². The van der Waals surface area contributed by atoms with Crippen LogP contribution in [0.4, 0.5) is 11.4 Å². The number of hydrogen-bond donors (Lipinski definition) is 3. The van der Waals surface area contributed by atoms with Gasteiger partial charge in [-0.1, -0.05) is 0 Å². The molecule has 0 aliphatic carbocycles. The maximum atomic E-state index is 13.1. The van der Waals surface area contributed by atoms with Crippen LogP contribution >= 0.6 is 11.3 Å². The molecule has 1 aliphatic rings. The molecule has 2 aromatic heterocycles. The van der Waals surface area contributed by atoms with E-state index < -0.39 is 31.4 Å². The second-order valence-corrected chi connectivity index (χ2v) is 10.8. The number of hydrogen-bond acceptors (Lipinski definition) is 9. The highest BCUT2D eigenvalue weighted by atomic mass is 32.2. The van der Waals surface area contributed by atoms with Gasteiger partial charge in [0.1, 0.15) is 16.2 Å². The van der Waals surface area contributed by atoms with Crippen LogP contribution in [0.2, 0.25) is 0 Å². The number of thiazole rings is 1. The monoisotopic (exact) mass is 481 g/mol. The summed E-state index contributed by atoms with van der Waals surface area (Å²) in [5, 5.41) is 15.3. The molecule has 1 aromatic carbocycles. The first-order valence-electron chi connectivity index (χ1n) is 8.55. The normalized spacial score (nSPS) is 15.0. The second-order valence-electron chi connectivity index (χ2n) is 6.65. The predicted octanol–water partition coefficient (Wildman–Crippen LogP) is 1.24. The van der Waals surface area contributed by atoms with Crippen molar-refractivity contribution in [2.45, 2.75) is 11.8 Å². The number of sulfonamides is 2. The average Bonchev–Trinajstić information content (AvgIpc) is 3.18. The highest BCUT2D eigenvalue weighted by Gasteiger charge is 2.30. The summed E-state index contributed by atoms with van der Waals surface area (Å²) in [5.41, 5.74) is -0.619. The highest BCUT2D eigenvalue weighted by molar-refractivity contribution is 7.92. The zero-order chi connectivity index (χ0) is 22.6. The Balaban J connectivity index is 1.87. The third kappa shape index (κ3) is 3.92. The predicted molar refractivity (Wildman–Crippen MR) is 116 cm³/mol. The van der Waals surface area contributed by atoms with E-state index in [1.165, 1.54) is 40.4 Å². The first-order chi connectivity index (χ1) is 14.5. The molecule has 0 saturated heterocycles. The van der Waals surface area contributed by atoms with Crippen LogP contribution < -0.4 is 15.6 Å². The Morgan fingerprint density at radius 2 is 2.03 bits per heavy atom. The maximum absolute atomic E-state index is 13.1. The Hall–Kier alpha value is -3.23. The standard InChI is InChI=1S/C17H15N5O6S3/c1-9-8-22(17-18-5-6-29-17)16(24)13(14(9)23)15-19-11-4-3-10(20-30(2,25)26)7-12(11)31(27,28)21-15/h3-8,20,23H,1-2H3,(H,19,21). The summed E-state index contributed by atoms with van der Waals surface area (Å²) >= 11 is 1.19. The number of fused-ring (bicyclic) bond motifs is 1. The molecule has 0 atom stereocenters. The van der Waals surface area contributed by atoms with Gasteiger partial charge in [-0.15, -0.1) is 15.7 Å². The topological polar surface area (TPSA) is 160 Å². The van der Waals surface area contributed by atoms with Crippen molar-refractivity contribution in [3.63, 3.8) is 0 Å². The number of aromatic nitrogens is 2. The van der Waals surface area contributed by atoms with Crippen LogP contribution in [0.15, 0.2) is 50.1 Å². The van der Waals surface area contributed by atoms with Crippen molar-refractivity contribution < 1.29 is 21.9 Å². The lowest BCUT2D eigenvalue weighted by molar-refractivity contribution is 0.467. The van der Waals surface area contributed by atoms with Gasteiger partial charge in [0.2, 0.25) is 10.0 Å². The molecular formula is C17H15N5O6S3. The van der Waals surface area contributed by atoms with E-state index in [4.69, 9.17) is 0 Å². The fourth-order valence-corrected chi connectivity index (χ4v) is 5.29. The quantitative estimate of drug-likeness (QED) is 0.502. The number of benzene rings is 1. The minimum atomic E-state index is -4.31. The van der Waals surface area contributed by atoms with Crippen molar-refractivity contribution in [2.75, 3.05) is 16.3 Å². The molecule has 0 amide bonds. The van der Waals surface area contributed by atoms with Gasteiger partial charge in [0, 0.05) is 29.0 Å². The van der Waals surface area contributed by atoms with Crippen LogP contribution in [0.5, 0.6) is 5.75 Å². The summed E-state index contributed by atoms with van der Waals surface area (Å²) in [6.45, 7) is 1.55. The summed E-state index contributed by atoms with van der Waals surface area (Å²) in [5.74, 6) is -0.772. The molecule has 31 heavy (non-hydrogen) atoms. The minimum absolute atomic E-state index is 0.0369. The first-order valence-corrected chi connectivity index (χ1v) is 12.8. The fraction of sp³-hybridized carbons (Fsp3) is 0.118. The van der Waals surface area contributed by atoms with Gasteiger partial charge in [0.25, 0.3) is 15.6 Å². The molecule has 3 N–H and O–H groups in total. The van der Waals surface area contributed by atoms with Gasteiger partial charge in [-0.05, 0) is 25.1 Å². The van der Waals surface area contributed by atoms with E-state index in [0.717, 1.165) is 12.3 Å². The number of amidine groups is 1. The zero-order valence-electron chi connectivity index (χ0n) is 16.0. The van der Waals surface area contributed by atoms with E-state index in [1.54, 1.807) is 12.3 Å². The highest BCUT2D eigenvalue weighted by Crippen LogP contribution is 2.32. The van der Waals surface area contributed by atoms with Crippen molar-refractivity contribution in [1.82, 2.24) is 9.55 Å². The molecule has 0 radical (unpaired) electrons. The smallest absolute Gasteiger partial charge is 0.286 e. The molecule has 0 bridgehead atoms. The largest absolute Gasteiger partial charge is 0.507 e. The summed E-state index contributed by atoms with van der Waals surface area (Å²) in [4.78, 5) is 16.8. The maximum Gasteiger partial charge on any atom is 0.286 e. The molecular weight excluding hydrogens is 466 g/mol. The summed E-state index contributed by atoms with van der Waals surface area (Å²) in [6.07, 6.45) is 3.84. The third-order valence-electron chi connectivity index (χ3n) is 4.26. The van der Waals surface area contributed by atoms with Gasteiger partial charge in [-0.25, -0.2) is 13.4 Å². The molecule has 0 unspecified atom stereocenters. The van der Waals surface area contributed by atoms with Crippen LogP contribution in [0, 0.1) is 6.92 Å². The molecule has 0 fully saturated rings. The molecule has 4 rings (SSSR count). The van der Waals surface area contributed by atoms with Crippen molar-refractivity contribution in [1.29, 1.82) is 0 Å². The van der Waals surface area contributed by atoms with Crippen LogP contribution in [0.3, 0.4) is 0 Å². The number of aromatic hydroxyl groups is 1. The van der Waals surface area contributed by atoms with Crippen molar-refractivity contribution >= 4 is 48.6 Å². The molecule has 11 nitrogen and oxygen atoms in total. The van der Waals surface area contributed by atoms with E-state index in [-0.39, 0.29) is 27.7 Å². The van der Waals surface area contributed by atoms with E-state index >= 15 is 0 Å². The minimum Gasteiger partial charge on any atom is -0.507 e. The molecule has 3 heterocycles. The molecule has 14 heteroatoms. The Morgan fingerprint density at radius 1 is 1.29 bits per heavy atom. The van der Waals surface area contributed by atoms with Crippen LogP contribution in [0.1, 0.15) is 11.1 Å². The molecule has 3 aromatic rings. The van der Waals surface area contributed by atoms with E-state index in [9.17, 15) is 26.7 Å². The van der Waals surface area contributed by atoms with Gasteiger partial charge in [-0.2, -0.15) is 8.42 Å². The Morgan fingerprint density at radius 3 is 2.68 bits per heavy atom. The number of nitrogens with zero attached hydrogens (tertiary/aromatic N) is 3. The number of aryl methyl sites for hydroxylation is 1. The van der Waals surface area contributed by atoms with Crippen LogP contribution in [0.25, 0.3) is 5.13 Å². The number of anilines is 2. The zero-order valence-corrected chi connectivity index (χ0v) is 18.5. The summed E-state index contributed by atoms with van der Waals surface area (Å²) in [6, 6.07) is 3.81. The van der Waals surface area contributed by atoms with Gasteiger partial charge in [0.05, 0.1) is 11.9 Å². The lowest BCUT2D eigenvalue weighted by Crippen LogP contribution is -2.32. The van der Waals surface area contributed by atoms with Gasteiger partial charge in [0.15, 0.2) is 11.0 Å². The molecule has 0 saturated carbocycles. The van der Waals surface area contributed by atoms with Crippen molar-refractivity contribution in [3.05, 3.63) is 57.5 Å². The molecule has 1 aliphatic heterocycles. The lowest BCUT2D eigenvalue weighted by atomic mass is 10.1. The lowest BCUT2D eigenvalue weighted by Gasteiger charge is -2.20. The second kappa shape index (κ2) is 7.18. The fourth-order valence-electron chi connectivity index (χ4n) is 2.97. The van der Waals surface area contributed by atoms with Crippen LogP contribution in [-0.2, 0) is 20.0 Å². The summed E-state index contributed by atoms with van der Waals surface area (Å²) < 4.78 is 55.5. The van der Waals surface area contributed by atoms with Crippen molar-refractivity contribution in [3.8, 4) is 10.9 Å². The first kappa shape index (κ1) is 21.0. The van der Waals surface area contributed by atoms with Gasteiger partial charge < -0.3 is 10.4 Å². The van der Waals surface area contributed by atoms with Gasteiger partial charge in [-0.3, -0.25) is 14.1 Å². The molecule has 0 spiro atoms. The van der Waals surface area contributed by atoms with Crippen LogP contribution in [-0.4, -0.2) is 43.6 Å².